The van der Waals surface area contributed by atoms with Crippen molar-refractivity contribution < 1.29 is 4.79 Å². The fraction of sp³-hybridized carbons (Fsp3) is 0.500. The first kappa shape index (κ1) is 13.7. The lowest BCUT2D eigenvalue weighted by Gasteiger charge is -2.11. The highest BCUT2D eigenvalue weighted by Gasteiger charge is 2.02. The highest BCUT2D eigenvalue weighted by Crippen LogP contribution is 2.11. The second kappa shape index (κ2) is 7.07. The Morgan fingerprint density at radius 2 is 1.94 bits per heavy atom. The minimum atomic E-state index is 0.0970. The Kier molecular flexibility index (Phi) is 5.70. The molecule has 1 rings (SSSR count). The molecular weight excluding hydrogens is 212 g/mol. The lowest BCUT2D eigenvalue weighted by molar-refractivity contribution is -0.124. The van der Waals surface area contributed by atoms with Crippen LogP contribution in [-0.4, -0.2) is 25.0 Å². The summed E-state index contributed by atoms with van der Waals surface area (Å²) < 4.78 is 0. The Bertz CT molecular complexity index is 361. The number of carbonyl (C=O) groups excluding carboxylic acids is 1. The van der Waals surface area contributed by atoms with E-state index in [1.54, 1.807) is 5.01 Å². The summed E-state index contributed by atoms with van der Waals surface area (Å²) in [4.78, 5) is 11.4. The second-order valence-electron chi connectivity index (χ2n) is 4.56. The van der Waals surface area contributed by atoms with Gasteiger partial charge in [-0.2, -0.15) is 0 Å². The van der Waals surface area contributed by atoms with E-state index in [1.165, 1.54) is 11.1 Å². The van der Waals surface area contributed by atoms with Crippen LogP contribution < -0.4 is 5.43 Å². The van der Waals surface area contributed by atoms with E-state index in [9.17, 15) is 4.79 Å². The molecule has 0 bridgehead atoms. The molecule has 1 N–H and O–H groups in total. The summed E-state index contributed by atoms with van der Waals surface area (Å²) in [6.45, 7) is 2.13. The third kappa shape index (κ3) is 5.50. The highest BCUT2D eigenvalue weighted by molar-refractivity contribution is 5.75. The van der Waals surface area contributed by atoms with Crippen molar-refractivity contribution in [1.29, 1.82) is 0 Å². The summed E-state index contributed by atoms with van der Waals surface area (Å²) in [5.74, 6) is 0.0970. The fourth-order valence-electron chi connectivity index (χ4n) is 1.80. The molecule has 0 heterocycles. The number of aryl methyl sites for hydroxylation is 2. The van der Waals surface area contributed by atoms with Gasteiger partial charge in [0.05, 0.1) is 0 Å². The predicted octanol–water partition coefficient (Wildman–Crippen LogP) is 2.30. The molecule has 0 spiro atoms. The Morgan fingerprint density at radius 1 is 1.24 bits per heavy atom. The van der Waals surface area contributed by atoms with E-state index in [4.69, 9.17) is 0 Å². The van der Waals surface area contributed by atoms with Gasteiger partial charge in [0.15, 0.2) is 0 Å². The molecule has 0 saturated carbocycles. The maximum absolute atomic E-state index is 11.4. The fourth-order valence-corrected chi connectivity index (χ4v) is 1.80. The van der Waals surface area contributed by atoms with Crippen LogP contribution in [0.5, 0.6) is 0 Å². The second-order valence-corrected chi connectivity index (χ2v) is 4.56. The molecule has 0 radical (unpaired) electrons. The molecule has 1 aromatic carbocycles. The van der Waals surface area contributed by atoms with Crippen molar-refractivity contribution in [3.8, 4) is 0 Å². The van der Waals surface area contributed by atoms with Crippen LogP contribution in [0.3, 0.4) is 0 Å². The first-order valence-electron chi connectivity index (χ1n) is 6.11. The van der Waals surface area contributed by atoms with Crippen molar-refractivity contribution in [2.45, 2.75) is 32.6 Å². The smallest absolute Gasteiger partial charge is 0.234 e. The third-order valence-electron chi connectivity index (χ3n) is 2.71. The van der Waals surface area contributed by atoms with E-state index in [-0.39, 0.29) is 5.91 Å². The van der Waals surface area contributed by atoms with Crippen molar-refractivity contribution >= 4 is 5.91 Å². The molecule has 1 amide bonds. The van der Waals surface area contributed by atoms with E-state index in [0.29, 0.717) is 6.42 Å². The first-order valence-corrected chi connectivity index (χ1v) is 6.11. The number of nitrogens with one attached hydrogen (secondary N) is 1. The molecule has 0 aliphatic heterocycles. The summed E-state index contributed by atoms with van der Waals surface area (Å²) >= 11 is 0. The quantitative estimate of drug-likeness (QED) is 0.605. The van der Waals surface area contributed by atoms with Gasteiger partial charge in [-0.1, -0.05) is 24.3 Å². The van der Waals surface area contributed by atoms with Gasteiger partial charge in [-0.05, 0) is 37.3 Å². The Labute approximate surface area is 104 Å². The van der Waals surface area contributed by atoms with Gasteiger partial charge in [0.2, 0.25) is 5.91 Å². The molecule has 1 aromatic rings. The lowest BCUT2D eigenvalue weighted by Crippen LogP contribution is -2.35. The number of nitrogens with zero attached hydrogens (tertiary/aromatic N) is 1. The Balaban J connectivity index is 2.21. The summed E-state index contributed by atoms with van der Waals surface area (Å²) in [7, 11) is 3.65. The zero-order valence-electron chi connectivity index (χ0n) is 11.0. The molecule has 3 nitrogen and oxygen atoms in total. The number of amides is 1. The lowest BCUT2D eigenvalue weighted by atomic mass is 10.0. The zero-order chi connectivity index (χ0) is 12.7. The molecule has 0 aliphatic rings. The van der Waals surface area contributed by atoms with Gasteiger partial charge in [0.25, 0.3) is 0 Å². The van der Waals surface area contributed by atoms with E-state index >= 15 is 0 Å². The van der Waals surface area contributed by atoms with Crippen LogP contribution in [0.25, 0.3) is 0 Å². The highest BCUT2D eigenvalue weighted by atomic mass is 16.2. The standard InChI is InChI=1S/C14H22N2O/c1-12-8-4-5-9-13(12)10-6-7-11-14(17)15-16(2)3/h4-5,8-9H,6-7,10-11H2,1-3H3,(H,15,17). The maximum atomic E-state index is 11.4. The van der Waals surface area contributed by atoms with Crippen LogP contribution in [0.1, 0.15) is 30.4 Å². The van der Waals surface area contributed by atoms with Gasteiger partial charge >= 0.3 is 0 Å². The van der Waals surface area contributed by atoms with Crippen molar-refractivity contribution in [3.05, 3.63) is 35.4 Å². The van der Waals surface area contributed by atoms with E-state index in [0.717, 1.165) is 19.3 Å². The van der Waals surface area contributed by atoms with Gasteiger partial charge in [-0.25, -0.2) is 5.01 Å². The average molecular weight is 234 g/mol. The molecule has 0 aliphatic carbocycles. The number of hydrogen-bond acceptors (Lipinski definition) is 2. The average Bonchev–Trinajstić information content (AvgIpc) is 2.25. The number of hydrogen-bond donors (Lipinski definition) is 1. The largest absolute Gasteiger partial charge is 0.289 e. The van der Waals surface area contributed by atoms with Crippen LogP contribution in [0.4, 0.5) is 0 Å². The van der Waals surface area contributed by atoms with Crippen LogP contribution >= 0.6 is 0 Å². The molecule has 0 unspecified atom stereocenters. The topological polar surface area (TPSA) is 32.3 Å². The molecule has 3 heteroatoms. The van der Waals surface area contributed by atoms with E-state index in [1.807, 2.05) is 14.1 Å². The zero-order valence-corrected chi connectivity index (χ0v) is 11.0. The summed E-state index contributed by atoms with van der Waals surface area (Å²) in [5, 5.41) is 1.68. The number of unbranched alkanes of at least 4 members (excludes halogenated alkanes) is 1. The molecule has 0 fully saturated rings. The minimum absolute atomic E-state index is 0.0970. The van der Waals surface area contributed by atoms with Crippen molar-refractivity contribution in [1.82, 2.24) is 10.4 Å². The van der Waals surface area contributed by atoms with Gasteiger partial charge in [0.1, 0.15) is 0 Å². The predicted molar refractivity (Wildman–Crippen MR) is 70.6 cm³/mol. The van der Waals surface area contributed by atoms with Crippen LogP contribution in [-0.2, 0) is 11.2 Å². The molecule has 17 heavy (non-hydrogen) atoms. The molecule has 94 valence electrons. The van der Waals surface area contributed by atoms with Gasteiger partial charge < -0.3 is 0 Å². The number of carbonyl (C=O) groups is 1. The van der Waals surface area contributed by atoms with Crippen LogP contribution in [0.2, 0.25) is 0 Å². The number of benzene rings is 1. The van der Waals surface area contributed by atoms with Crippen molar-refractivity contribution in [2.24, 2.45) is 0 Å². The minimum Gasteiger partial charge on any atom is -0.289 e. The Morgan fingerprint density at radius 3 is 2.59 bits per heavy atom. The first-order chi connectivity index (χ1) is 8.09. The van der Waals surface area contributed by atoms with Gasteiger partial charge in [0, 0.05) is 20.5 Å². The monoisotopic (exact) mass is 234 g/mol. The van der Waals surface area contributed by atoms with Crippen LogP contribution in [0.15, 0.2) is 24.3 Å². The summed E-state index contributed by atoms with van der Waals surface area (Å²) in [5.41, 5.74) is 5.47. The number of rotatable bonds is 6. The number of hydrazine groups is 1. The van der Waals surface area contributed by atoms with Crippen molar-refractivity contribution in [2.75, 3.05) is 14.1 Å². The van der Waals surface area contributed by atoms with E-state index < -0.39 is 0 Å². The molecular formula is C14H22N2O. The molecule has 0 aromatic heterocycles. The van der Waals surface area contributed by atoms with E-state index in [2.05, 4.69) is 36.6 Å². The normalized spacial score (nSPS) is 10.6. The molecule has 0 saturated heterocycles. The maximum Gasteiger partial charge on any atom is 0.234 e. The van der Waals surface area contributed by atoms with Gasteiger partial charge in [-0.3, -0.25) is 10.2 Å². The summed E-state index contributed by atoms with van der Waals surface area (Å²) in [6, 6.07) is 8.42. The van der Waals surface area contributed by atoms with Gasteiger partial charge in [-0.15, -0.1) is 0 Å². The molecule has 0 atom stereocenters. The SMILES string of the molecule is Cc1ccccc1CCCCC(=O)NN(C)C. The van der Waals surface area contributed by atoms with Crippen molar-refractivity contribution in [3.63, 3.8) is 0 Å². The summed E-state index contributed by atoms with van der Waals surface area (Å²) in [6.07, 6.45) is 3.66. The van der Waals surface area contributed by atoms with Crippen LogP contribution in [0, 0.1) is 6.92 Å². The third-order valence-corrected chi connectivity index (χ3v) is 2.71. The Hall–Kier alpha value is -1.35.